The van der Waals surface area contributed by atoms with E-state index in [0.29, 0.717) is 18.7 Å². The van der Waals surface area contributed by atoms with Gasteiger partial charge in [0.2, 0.25) is 5.91 Å². The van der Waals surface area contributed by atoms with Crippen LogP contribution in [0.3, 0.4) is 0 Å². The van der Waals surface area contributed by atoms with Gasteiger partial charge in [-0.05, 0) is 90.1 Å². The Morgan fingerprint density at radius 1 is 0.603 bits per heavy atom. The van der Waals surface area contributed by atoms with Crippen molar-refractivity contribution in [3.8, 4) is 11.1 Å². The summed E-state index contributed by atoms with van der Waals surface area (Å²) >= 11 is 0. The second-order valence-corrected chi connectivity index (χ2v) is 22.2. The lowest BCUT2D eigenvalue weighted by atomic mass is 9.98. The third kappa shape index (κ3) is 16.5. The van der Waals surface area contributed by atoms with E-state index in [2.05, 4.69) is 5.32 Å². The number of aliphatic hydroxyl groups is 1. The van der Waals surface area contributed by atoms with Gasteiger partial charge in [0.25, 0.3) is 0 Å². The predicted molar refractivity (Wildman–Crippen MR) is 273 cm³/mol. The number of rotatable bonds is 14. The number of carboxylic acids is 1. The van der Waals surface area contributed by atoms with Gasteiger partial charge in [0.15, 0.2) is 0 Å². The van der Waals surface area contributed by atoms with Gasteiger partial charge in [-0.25, -0.2) is 9.59 Å². The van der Waals surface area contributed by atoms with Crippen molar-refractivity contribution in [2.75, 3.05) is 85.1 Å². The van der Waals surface area contributed by atoms with Crippen LogP contribution in [0.5, 0.6) is 0 Å². The molecular formula is C55H76N6O12. The van der Waals surface area contributed by atoms with E-state index in [0.717, 1.165) is 22.3 Å². The topological polar surface area (TPSA) is 208 Å². The van der Waals surface area contributed by atoms with Crippen LogP contribution in [0.25, 0.3) is 11.1 Å². The van der Waals surface area contributed by atoms with Gasteiger partial charge in [0.05, 0.1) is 38.3 Å². The Bertz CT molecular complexity index is 2310. The molecule has 6 rings (SSSR count). The monoisotopic (exact) mass is 1010 g/mol. The largest absolute Gasteiger partial charge is 0.480 e. The van der Waals surface area contributed by atoms with Gasteiger partial charge in [0.1, 0.15) is 35.5 Å². The number of benzene rings is 3. The first-order valence-electron chi connectivity index (χ1n) is 25.3. The average Bonchev–Trinajstić information content (AvgIpc) is 3.80. The molecule has 3 aromatic rings. The van der Waals surface area contributed by atoms with Crippen molar-refractivity contribution in [1.82, 2.24) is 29.8 Å². The molecule has 0 bridgehead atoms. The van der Waals surface area contributed by atoms with E-state index in [9.17, 15) is 39.0 Å². The van der Waals surface area contributed by atoms with Gasteiger partial charge >= 0.3 is 30.0 Å². The molecule has 1 aliphatic carbocycles. The summed E-state index contributed by atoms with van der Waals surface area (Å²) in [7, 11) is 0. The van der Waals surface area contributed by atoms with Gasteiger partial charge in [-0.15, -0.1) is 0 Å². The van der Waals surface area contributed by atoms with Gasteiger partial charge < -0.3 is 34.5 Å². The number of esters is 3. The lowest BCUT2D eigenvalue weighted by Crippen LogP contribution is -2.60. The summed E-state index contributed by atoms with van der Waals surface area (Å²) < 4.78 is 23.3. The molecule has 2 saturated heterocycles. The van der Waals surface area contributed by atoms with E-state index < -0.39 is 76.9 Å². The van der Waals surface area contributed by atoms with Crippen LogP contribution >= 0.6 is 0 Å². The number of carbonyl (C=O) groups excluding carboxylic acids is 5. The van der Waals surface area contributed by atoms with E-state index >= 15 is 0 Å². The molecule has 3 N–H and O–H groups in total. The molecule has 1 unspecified atom stereocenters. The molecule has 0 saturated carbocycles. The molecule has 0 aromatic heterocycles. The SMILES string of the molecule is CC(C)(C)OC(=O)CN1CCN(CC(=O)OC(C)(C)C)CCN(C2[C@@H](C(=O)N[C@H](Cc3ccccc3)C(=O)O)N(C(=O)OCC3c4ccccc4-c4ccccc43)C[C@@H]2O)CCN(CC(=O)OC(C)(C)C)CC1. The maximum atomic E-state index is 15.0. The summed E-state index contributed by atoms with van der Waals surface area (Å²) in [4.78, 5) is 91.4. The Hall–Kier alpha value is -5.92. The number of fused-ring (bicyclic) bond motifs is 3. The predicted octanol–water partition coefficient (Wildman–Crippen LogP) is 4.41. The van der Waals surface area contributed by atoms with Crippen molar-refractivity contribution in [2.45, 2.75) is 116 Å². The second-order valence-electron chi connectivity index (χ2n) is 22.2. The molecule has 2 aliphatic heterocycles. The first kappa shape index (κ1) is 56.4. The number of aliphatic carboxylic acids is 1. The van der Waals surface area contributed by atoms with Crippen LogP contribution < -0.4 is 5.32 Å². The Balaban J connectivity index is 1.35. The Morgan fingerprint density at radius 2 is 1.01 bits per heavy atom. The molecular weight excluding hydrogens is 937 g/mol. The summed E-state index contributed by atoms with van der Waals surface area (Å²) in [5, 5.41) is 25.4. The fraction of sp³-hybridized carbons (Fsp3) is 0.564. The molecule has 18 heteroatoms. The van der Waals surface area contributed by atoms with Gasteiger partial charge in [0, 0.05) is 64.7 Å². The van der Waals surface area contributed by atoms with Crippen LogP contribution in [0.2, 0.25) is 0 Å². The lowest BCUT2D eigenvalue weighted by Gasteiger charge is -2.39. The number of hydrogen-bond donors (Lipinski definition) is 3. The average molecular weight is 1010 g/mol. The molecule has 0 spiro atoms. The zero-order valence-corrected chi connectivity index (χ0v) is 44.0. The first-order chi connectivity index (χ1) is 34.3. The number of nitrogens with one attached hydrogen (secondary N) is 1. The standard InChI is InChI=1S/C55H76N6O12/c1-53(2,3)71-45(63)33-57-23-25-58(34-46(64)72-54(4,5)6)27-29-60(30-28-59(26-24-57)35-47(65)73-55(7,8)9)48-44(62)32-61(49(48)50(66)56-43(51(67)68)31-37-17-11-10-12-18-37)52(69)70-36-42-40-21-15-13-19-38(40)39-20-14-16-22-41(39)42/h10-22,42-44,48-49,62H,23-36H2,1-9H3,(H,56,66)(H,67,68)/t43-,44+,48?,49+/m1/s1. The minimum absolute atomic E-state index is 0.0533. The third-order valence-electron chi connectivity index (χ3n) is 12.8. The Labute approximate surface area is 429 Å². The highest BCUT2D eigenvalue weighted by Crippen LogP contribution is 2.44. The van der Waals surface area contributed by atoms with Gasteiger partial charge in [-0.2, -0.15) is 0 Å². The first-order valence-corrected chi connectivity index (χ1v) is 25.3. The van der Waals surface area contributed by atoms with E-state index in [1.807, 2.05) is 68.1 Å². The number of amides is 2. The summed E-state index contributed by atoms with van der Waals surface area (Å²) in [6, 6.07) is 20.7. The molecule has 398 valence electrons. The van der Waals surface area contributed by atoms with Crippen LogP contribution in [0.4, 0.5) is 4.79 Å². The number of likely N-dealkylation sites (tertiary alicyclic amines) is 1. The van der Waals surface area contributed by atoms with Gasteiger partial charge in [-0.1, -0.05) is 78.9 Å². The van der Waals surface area contributed by atoms with Crippen molar-refractivity contribution in [3.63, 3.8) is 0 Å². The van der Waals surface area contributed by atoms with Crippen LogP contribution in [0, 0.1) is 0 Å². The maximum absolute atomic E-state index is 15.0. The summed E-state index contributed by atoms with van der Waals surface area (Å²) in [5.74, 6) is -3.80. The number of carboxylic acid groups (broad SMARTS) is 1. The number of nitrogens with zero attached hydrogens (tertiary/aromatic N) is 5. The minimum Gasteiger partial charge on any atom is -0.480 e. The molecule has 3 aromatic carbocycles. The smallest absolute Gasteiger partial charge is 0.410 e. The molecule has 2 heterocycles. The molecule has 73 heavy (non-hydrogen) atoms. The van der Waals surface area contributed by atoms with E-state index in [1.165, 1.54) is 4.90 Å². The molecule has 2 fully saturated rings. The highest BCUT2D eigenvalue weighted by molar-refractivity contribution is 5.91. The van der Waals surface area contributed by atoms with Crippen LogP contribution in [-0.2, 0) is 49.3 Å². The van der Waals surface area contributed by atoms with Crippen LogP contribution in [0.1, 0.15) is 84.9 Å². The number of β-amino-alcohol motifs (C(OH)–C–C–N with tert-alkyl or cyclic N) is 1. The van der Waals surface area contributed by atoms with Crippen molar-refractivity contribution < 1.29 is 57.9 Å². The minimum atomic E-state index is -1.46. The molecule has 18 nitrogen and oxygen atoms in total. The zero-order valence-electron chi connectivity index (χ0n) is 44.0. The number of ether oxygens (including phenoxy) is 4. The molecule has 4 atom stereocenters. The molecule has 0 radical (unpaired) electrons. The number of aliphatic hydroxyl groups excluding tert-OH is 1. The highest BCUT2D eigenvalue weighted by Gasteiger charge is 2.51. The summed E-state index contributed by atoms with van der Waals surface area (Å²) in [6.07, 6.45) is -2.26. The normalized spacial score (nSPS) is 20.4. The Morgan fingerprint density at radius 3 is 1.44 bits per heavy atom. The summed E-state index contributed by atoms with van der Waals surface area (Å²) in [5.41, 5.74) is 2.40. The van der Waals surface area contributed by atoms with Crippen LogP contribution in [-0.4, -0.2) is 197 Å². The molecule has 2 amide bonds. The second kappa shape index (κ2) is 24.4. The quantitative estimate of drug-likeness (QED) is 0.151. The van der Waals surface area contributed by atoms with Crippen molar-refractivity contribution in [1.29, 1.82) is 0 Å². The van der Waals surface area contributed by atoms with Gasteiger partial charge in [-0.3, -0.25) is 43.7 Å². The number of hydrogen-bond acceptors (Lipinski definition) is 15. The lowest BCUT2D eigenvalue weighted by molar-refractivity contribution is -0.158. The fourth-order valence-electron chi connectivity index (χ4n) is 9.72. The van der Waals surface area contributed by atoms with Crippen molar-refractivity contribution in [3.05, 3.63) is 95.6 Å². The van der Waals surface area contributed by atoms with E-state index in [1.54, 1.807) is 92.6 Å². The number of carbonyl (C=O) groups is 6. The molecule has 3 aliphatic rings. The third-order valence-corrected chi connectivity index (χ3v) is 12.8. The van der Waals surface area contributed by atoms with Crippen molar-refractivity contribution in [2.24, 2.45) is 0 Å². The van der Waals surface area contributed by atoms with Crippen molar-refractivity contribution >= 4 is 35.9 Å². The maximum Gasteiger partial charge on any atom is 0.410 e. The zero-order chi connectivity index (χ0) is 53.3. The Kier molecular flexibility index (Phi) is 18.9. The van der Waals surface area contributed by atoms with E-state index in [-0.39, 0.29) is 84.4 Å². The fourth-order valence-corrected chi connectivity index (χ4v) is 9.72. The highest BCUT2D eigenvalue weighted by atomic mass is 16.6. The summed E-state index contributed by atoms with van der Waals surface area (Å²) in [6.45, 7) is 17.2. The van der Waals surface area contributed by atoms with Crippen LogP contribution in [0.15, 0.2) is 78.9 Å². The van der Waals surface area contributed by atoms with E-state index in [4.69, 9.17) is 18.9 Å².